The fraction of sp³-hybridized carbons (Fsp3) is 0.155. The Morgan fingerprint density at radius 3 is 2.01 bits per heavy atom. The number of β-lactam (4-membered cyclic amide) rings is 1. The van der Waals surface area contributed by atoms with E-state index in [0.29, 0.717) is 33.4 Å². The number of halogens is 1. The summed E-state index contributed by atoms with van der Waals surface area (Å²) < 4.78 is 11.6. The first-order valence-electron chi connectivity index (χ1n) is 24.0. The van der Waals surface area contributed by atoms with Crippen LogP contribution in [-0.4, -0.2) is 81.3 Å². The molecule has 10 rings (SSSR count). The molecule has 1 saturated heterocycles. The molecule has 2 aromatic heterocycles. The number of aromatic nitrogens is 2. The van der Waals surface area contributed by atoms with Crippen LogP contribution in [0.2, 0.25) is 5.02 Å². The zero-order chi connectivity index (χ0) is 51.7. The lowest BCUT2D eigenvalue weighted by Gasteiger charge is -2.49. The lowest BCUT2D eigenvalue weighted by molar-refractivity contribution is -0.154. The number of fused-ring (bicyclic) bond motifs is 2. The molecule has 0 saturated carbocycles. The highest BCUT2D eigenvalue weighted by Gasteiger charge is 2.55. The molecule has 376 valence electrons. The molecule has 2 amide bonds. The summed E-state index contributed by atoms with van der Waals surface area (Å²) in [5.74, 6) is -2.45. The van der Waals surface area contributed by atoms with Crippen molar-refractivity contribution in [3.63, 3.8) is 0 Å². The fourth-order valence-electron chi connectivity index (χ4n) is 9.13. The molecule has 6 aromatic carbocycles. The average molecular weight is 1050 g/mol. The summed E-state index contributed by atoms with van der Waals surface area (Å²) in [5.41, 5.74) is 5.24. The van der Waals surface area contributed by atoms with E-state index >= 15 is 0 Å². The maximum absolute atomic E-state index is 14.7. The van der Waals surface area contributed by atoms with Crippen molar-refractivity contribution in [2.45, 2.75) is 30.0 Å². The monoisotopic (exact) mass is 1050 g/mol. The van der Waals surface area contributed by atoms with E-state index in [1.54, 1.807) is 23.7 Å². The summed E-state index contributed by atoms with van der Waals surface area (Å²) in [7, 11) is 0. The Bertz CT molecular complexity index is 3270. The largest absolute Gasteiger partial charge is 0.461 e. The number of rotatable bonds is 19. The van der Waals surface area contributed by atoms with Crippen molar-refractivity contribution in [1.82, 2.24) is 20.2 Å². The molecule has 3 N–H and O–H groups in total. The van der Waals surface area contributed by atoms with Crippen molar-refractivity contribution in [3.8, 4) is 0 Å². The molecule has 0 spiro atoms. The first-order chi connectivity index (χ1) is 36.7. The molecule has 0 bridgehead atoms. The Labute approximate surface area is 445 Å². The van der Waals surface area contributed by atoms with Crippen molar-refractivity contribution >= 4 is 85.9 Å². The molecule has 0 radical (unpaired) electrons. The summed E-state index contributed by atoms with van der Waals surface area (Å²) in [6.07, 6.45) is 0.857. The first-order valence-corrected chi connectivity index (χ1v) is 26.3. The van der Waals surface area contributed by atoms with E-state index in [2.05, 4.69) is 62.5 Å². The van der Waals surface area contributed by atoms with E-state index < -0.39 is 46.8 Å². The van der Waals surface area contributed by atoms with Crippen LogP contribution in [0, 0.1) is 0 Å². The fourth-order valence-corrected chi connectivity index (χ4v) is 11.4. The highest BCUT2D eigenvalue weighted by Crippen LogP contribution is 2.43. The van der Waals surface area contributed by atoms with Crippen LogP contribution in [-0.2, 0) is 39.0 Å². The van der Waals surface area contributed by atoms with Crippen LogP contribution in [0.4, 0.5) is 10.8 Å². The van der Waals surface area contributed by atoms with Gasteiger partial charge in [-0.15, -0.1) is 23.1 Å². The number of nitrogens with zero attached hydrogens (tertiary/aromatic N) is 4. The Kier molecular flexibility index (Phi) is 15.3. The van der Waals surface area contributed by atoms with Crippen LogP contribution in [0.15, 0.2) is 204 Å². The van der Waals surface area contributed by atoms with E-state index in [-0.39, 0.29) is 36.1 Å². The van der Waals surface area contributed by atoms with Gasteiger partial charge in [0.2, 0.25) is 0 Å². The van der Waals surface area contributed by atoms with Crippen LogP contribution in [0.25, 0.3) is 10.9 Å². The van der Waals surface area contributed by atoms with E-state index in [4.69, 9.17) is 30.9 Å². The Morgan fingerprint density at radius 2 is 1.41 bits per heavy atom. The molecule has 4 heterocycles. The van der Waals surface area contributed by atoms with Crippen LogP contribution in [0.5, 0.6) is 0 Å². The molecule has 1 fully saturated rings. The van der Waals surface area contributed by atoms with E-state index in [0.717, 1.165) is 33.3 Å². The second-order valence-electron chi connectivity index (χ2n) is 17.4. The molecule has 0 aliphatic carbocycles. The van der Waals surface area contributed by atoms with E-state index in [9.17, 15) is 19.2 Å². The molecule has 75 heavy (non-hydrogen) atoms. The molecule has 2 atom stereocenters. The number of carbonyl (C=O) groups is 4. The Balaban J connectivity index is 0.942. The quantitative estimate of drug-likeness (QED) is 0.0175. The van der Waals surface area contributed by atoms with Crippen LogP contribution in [0.1, 0.15) is 46.5 Å². The van der Waals surface area contributed by atoms with E-state index in [1.165, 1.54) is 34.9 Å². The van der Waals surface area contributed by atoms with Gasteiger partial charge in [0.1, 0.15) is 41.6 Å². The minimum absolute atomic E-state index is 0.0332. The smallest absolute Gasteiger partial charge is 0.356 e. The number of anilines is 2. The summed E-state index contributed by atoms with van der Waals surface area (Å²) in [4.78, 5) is 72.4. The van der Waals surface area contributed by atoms with Gasteiger partial charge in [0.25, 0.3) is 11.8 Å². The summed E-state index contributed by atoms with van der Waals surface area (Å²) in [6.45, 7) is 1.36. The zero-order valence-corrected chi connectivity index (χ0v) is 42.7. The summed E-state index contributed by atoms with van der Waals surface area (Å²) in [6, 6.07) is 54.9. The van der Waals surface area contributed by atoms with Crippen molar-refractivity contribution in [3.05, 3.63) is 237 Å². The third kappa shape index (κ3) is 10.9. The predicted octanol–water partition coefficient (Wildman–Crippen LogP) is 10.1. The number of esters is 2. The number of thiazole rings is 1. The Morgan fingerprint density at radius 1 is 0.813 bits per heavy atom. The number of benzene rings is 6. The molecule has 0 unspecified atom stereocenters. The van der Waals surface area contributed by atoms with Gasteiger partial charge in [0.05, 0.1) is 12.1 Å². The number of hydrogen-bond acceptors (Lipinski definition) is 14. The van der Waals surface area contributed by atoms with Crippen LogP contribution < -0.4 is 16.0 Å². The number of amides is 2. The second-order valence-corrected chi connectivity index (χ2v) is 19.8. The Hall–Kier alpha value is -8.31. The standard InChI is InChI=1S/C58H48ClN7O7S2/c1-37(67)71-34-40-35-74-55-50(54(69)66(55)51(40)56(70)73-52(38-17-7-2-8-18-38)39-19-9-3-10-20-39)63-53(68)49(65-72-32-31-61-46-29-30-60-47-33-44(59)27-28-45(46)47)48-36-75-57(62-48)64-58(41-21-11-4-12-22-41,42-23-13-5-14-24-42)43-25-15-6-16-26-43/h2-30,33,36,50,52,55H,31-32,34-35H2,1H3,(H,60,61)(H,62,64)(H,63,68)/t50-,55-/m1/s1. The van der Waals surface area contributed by atoms with Crippen molar-refractivity contribution in [2.75, 3.05) is 36.1 Å². The zero-order valence-electron chi connectivity index (χ0n) is 40.3. The normalized spacial score (nSPS) is 15.4. The van der Waals surface area contributed by atoms with Crippen molar-refractivity contribution in [1.29, 1.82) is 0 Å². The van der Waals surface area contributed by atoms with Gasteiger partial charge in [-0.3, -0.25) is 24.3 Å². The number of nitrogens with one attached hydrogen (secondary N) is 3. The lowest BCUT2D eigenvalue weighted by atomic mass is 9.77. The highest BCUT2D eigenvalue weighted by molar-refractivity contribution is 8.00. The summed E-state index contributed by atoms with van der Waals surface area (Å²) in [5, 5.41) is 17.3. The second kappa shape index (κ2) is 22.8. The molecular formula is C58H48ClN7O7S2. The average Bonchev–Trinajstić information content (AvgIpc) is 3.92. The lowest BCUT2D eigenvalue weighted by Crippen LogP contribution is -2.71. The molecule has 2 aliphatic rings. The van der Waals surface area contributed by atoms with E-state index in [1.807, 2.05) is 127 Å². The van der Waals surface area contributed by atoms with Gasteiger partial charge in [-0.2, -0.15) is 0 Å². The van der Waals surface area contributed by atoms with Crippen LogP contribution >= 0.6 is 34.7 Å². The molecular weight excluding hydrogens is 1010 g/mol. The SMILES string of the molecule is CC(=O)OCC1=C(C(=O)OC(c2ccccc2)c2ccccc2)N2C(=O)[C@@H](NC(=O)C(=NOCCNc3ccnc4cc(Cl)ccc34)c3csc(NC(c4ccccc4)(c4ccccc4)c4ccccc4)n3)[C@H]2SC1. The maximum atomic E-state index is 14.7. The topological polar surface area (TPSA) is 173 Å². The number of thioether (sulfide) groups is 1. The van der Waals surface area contributed by atoms with Gasteiger partial charge in [0, 0.05) is 45.9 Å². The van der Waals surface area contributed by atoms with Gasteiger partial charge in [-0.1, -0.05) is 168 Å². The van der Waals surface area contributed by atoms with Crippen molar-refractivity contribution in [2.24, 2.45) is 5.16 Å². The maximum Gasteiger partial charge on any atom is 0.356 e. The third-order valence-corrected chi connectivity index (χ3v) is 15.0. The number of pyridine rings is 1. The van der Waals surface area contributed by atoms with Gasteiger partial charge in [-0.05, 0) is 52.1 Å². The van der Waals surface area contributed by atoms with Gasteiger partial charge >= 0.3 is 11.9 Å². The van der Waals surface area contributed by atoms with Crippen molar-refractivity contribution < 1.29 is 33.5 Å². The minimum Gasteiger partial charge on any atom is -0.461 e. The highest BCUT2D eigenvalue weighted by atomic mass is 35.5. The summed E-state index contributed by atoms with van der Waals surface area (Å²) >= 11 is 8.83. The van der Waals surface area contributed by atoms with Gasteiger partial charge in [0.15, 0.2) is 16.9 Å². The van der Waals surface area contributed by atoms with Gasteiger partial charge in [-0.25, -0.2) is 9.78 Å². The predicted molar refractivity (Wildman–Crippen MR) is 292 cm³/mol. The molecule has 2 aliphatic heterocycles. The first kappa shape index (κ1) is 50.2. The number of ether oxygens (including phenoxy) is 2. The van der Waals surface area contributed by atoms with Gasteiger partial charge < -0.3 is 30.3 Å². The molecule has 17 heteroatoms. The molecule has 8 aromatic rings. The number of carbonyl (C=O) groups excluding carboxylic acids is 4. The van der Waals surface area contributed by atoms with Crippen LogP contribution in [0.3, 0.4) is 0 Å². The third-order valence-electron chi connectivity index (χ3n) is 12.7. The minimum atomic E-state index is -1.10. The number of hydrogen-bond donors (Lipinski definition) is 3. The number of oxime groups is 1. The molecule has 14 nitrogen and oxygen atoms in total.